The summed E-state index contributed by atoms with van der Waals surface area (Å²) in [7, 11) is 0. The molecule has 0 rings (SSSR count). The largest absolute Gasteiger partial charge is 0.476 e. The van der Waals surface area contributed by atoms with Crippen molar-refractivity contribution >= 4 is 43.7 Å². The second-order valence-corrected chi connectivity index (χ2v) is 5.82. The zero-order chi connectivity index (χ0) is 15.9. The summed E-state index contributed by atoms with van der Waals surface area (Å²) >= 11 is 0. The van der Waals surface area contributed by atoms with Gasteiger partial charge in [-0.25, -0.2) is 4.79 Å². The smallest absolute Gasteiger partial charge is 0.379 e. The molecule has 1 atom stereocenters. The number of carbonyl (C=O) groups is 1. The van der Waals surface area contributed by atoms with Crippen LogP contribution in [0.2, 0.25) is 0 Å². The molecule has 0 aliphatic carbocycles. The van der Waals surface area contributed by atoms with Crippen LogP contribution < -0.4 is 0 Å². The number of nitro groups is 1. The Kier molecular flexibility index (Phi) is 19.4. The number of carboxylic acid groups (broad SMARTS) is 1. The molecule has 0 fully saturated rings. The second kappa shape index (κ2) is 17.5. The van der Waals surface area contributed by atoms with Gasteiger partial charge in [0.2, 0.25) is 0 Å². The molecular formula is C16H31CaNO4. The fourth-order valence-electron chi connectivity index (χ4n) is 2.50. The molecule has 0 aliphatic heterocycles. The topological polar surface area (TPSA) is 80.4 Å². The summed E-state index contributed by atoms with van der Waals surface area (Å²) in [6.45, 7) is 2.23. The summed E-state index contributed by atoms with van der Waals surface area (Å²) in [6, 6.07) is -1.42. The van der Waals surface area contributed by atoms with E-state index in [1.807, 2.05) is 0 Å². The van der Waals surface area contributed by atoms with Gasteiger partial charge in [-0.05, 0) is 6.42 Å². The average Bonchev–Trinajstić information content (AvgIpc) is 2.43. The first-order valence-corrected chi connectivity index (χ1v) is 8.46. The van der Waals surface area contributed by atoms with Gasteiger partial charge >= 0.3 is 12.0 Å². The third-order valence-electron chi connectivity index (χ3n) is 3.87. The maximum Gasteiger partial charge on any atom is 0.379 e. The van der Waals surface area contributed by atoms with Crippen molar-refractivity contribution in [2.24, 2.45) is 0 Å². The van der Waals surface area contributed by atoms with Gasteiger partial charge in [0.05, 0.1) is 0 Å². The van der Waals surface area contributed by atoms with E-state index >= 15 is 0 Å². The minimum atomic E-state index is -1.42. The normalized spacial score (nSPS) is 11.7. The number of aliphatic carboxylic acids is 1. The van der Waals surface area contributed by atoms with E-state index in [-0.39, 0.29) is 44.2 Å². The molecule has 0 aromatic rings. The summed E-state index contributed by atoms with van der Waals surface area (Å²) in [5.41, 5.74) is 0. The van der Waals surface area contributed by atoms with Crippen LogP contribution in [0.1, 0.15) is 90.4 Å². The van der Waals surface area contributed by atoms with E-state index in [9.17, 15) is 14.9 Å². The minimum absolute atomic E-state index is 0. The first-order valence-electron chi connectivity index (χ1n) is 8.46. The second-order valence-electron chi connectivity index (χ2n) is 5.82. The van der Waals surface area contributed by atoms with Gasteiger partial charge in [0.15, 0.2) is 0 Å². The summed E-state index contributed by atoms with van der Waals surface area (Å²) in [5, 5.41) is 19.2. The van der Waals surface area contributed by atoms with E-state index in [0.29, 0.717) is 6.42 Å². The molecule has 0 aromatic heterocycles. The molecule has 2 radical (unpaired) electrons. The molecule has 1 N–H and O–H groups in total. The van der Waals surface area contributed by atoms with Crippen LogP contribution in [-0.4, -0.2) is 59.8 Å². The fraction of sp³-hybridized carbons (Fsp3) is 0.938. The molecule has 5 nitrogen and oxygen atoms in total. The molecule has 0 aliphatic rings. The van der Waals surface area contributed by atoms with Crippen molar-refractivity contribution in [3.63, 3.8) is 0 Å². The van der Waals surface area contributed by atoms with Crippen LogP contribution >= 0.6 is 0 Å². The van der Waals surface area contributed by atoms with E-state index in [0.717, 1.165) is 19.3 Å². The van der Waals surface area contributed by atoms with Gasteiger partial charge in [-0.2, -0.15) is 0 Å². The molecule has 0 saturated heterocycles. The van der Waals surface area contributed by atoms with Crippen LogP contribution in [0.5, 0.6) is 0 Å². The fourth-order valence-corrected chi connectivity index (χ4v) is 2.50. The van der Waals surface area contributed by atoms with Gasteiger partial charge in [0.25, 0.3) is 0 Å². The van der Waals surface area contributed by atoms with Crippen LogP contribution in [0.25, 0.3) is 0 Å². The third-order valence-corrected chi connectivity index (χ3v) is 3.87. The Morgan fingerprint density at radius 3 is 1.59 bits per heavy atom. The van der Waals surface area contributed by atoms with Crippen LogP contribution in [0.3, 0.4) is 0 Å². The molecule has 0 aromatic carbocycles. The zero-order valence-corrected chi connectivity index (χ0v) is 16.3. The molecule has 0 bridgehead atoms. The van der Waals surface area contributed by atoms with Gasteiger partial charge in [0, 0.05) is 49.1 Å². The maximum atomic E-state index is 10.6. The Hall–Kier alpha value is 0.130. The molecule has 22 heavy (non-hydrogen) atoms. The molecule has 6 heteroatoms. The van der Waals surface area contributed by atoms with Crippen molar-refractivity contribution in [2.45, 2.75) is 96.4 Å². The van der Waals surface area contributed by atoms with Crippen molar-refractivity contribution in [2.75, 3.05) is 0 Å². The van der Waals surface area contributed by atoms with Gasteiger partial charge in [-0.1, -0.05) is 77.6 Å². The number of hydrogen-bond donors (Lipinski definition) is 1. The standard InChI is InChI=1S/C16H31NO4.Ca/c1-2-3-4-5-6-7-8-9-10-11-12-13-14-15(16(18)19)17(20)21;/h15H,2-14H2,1H3,(H,18,19);. The molecule has 0 amide bonds. The van der Waals surface area contributed by atoms with Crippen molar-refractivity contribution < 1.29 is 14.8 Å². The van der Waals surface area contributed by atoms with Gasteiger partial charge in [-0.3, -0.25) is 10.1 Å². The molecule has 0 spiro atoms. The molecule has 0 saturated carbocycles. The Labute approximate surface area is 164 Å². The van der Waals surface area contributed by atoms with Gasteiger partial charge in [-0.15, -0.1) is 0 Å². The van der Waals surface area contributed by atoms with E-state index in [4.69, 9.17) is 5.11 Å². The Bertz CT molecular complexity index is 273. The zero-order valence-electron chi connectivity index (χ0n) is 14.1. The van der Waals surface area contributed by atoms with Gasteiger partial charge in [0.1, 0.15) is 0 Å². The van der Waals surface area contributed by atoms with E-state index in [2.05, 4.69) is 6.92 Å². The molecule has 0 heterocycles. The van der Waals surface area contributed by atoms with E-state index in [1.54, 1.807) is 0 Å². The average molecular weight is 342 g/mol. The number of rotatable bonds is 15. The van der Waals surface area contributed by atoms with Gasteiger partial charge < -0.3 is 5.11 Å². The molecular weight excluding hydrogens is 310 g/mol. The monoisotopic (exact) mass is 341 g/mol. The Morgan fingerprint density at radius 1 is 0.909 bits per heavy atom. The first kappa shape index (κ1) is 24.4. The SMILES string of the molecule is CCCCCCCCCCCCCCC(C(=O)O)[N+](=O)[O-].[Ca]. The number of nitrogens with zero attached hydrogens (tertiary/aromatic N) is 1. The number of hydrogen-bond acceptors (Lipinski definition) is 3. The predicted molar refractivity (Wildman–Crippen MR) is 89.9 cm³/mol. The van der Waals surface area contributed by atoms with Crippen LogP contribution in [0.15, 0.2) is 0 Å². The first-order chi connectivity index (χ1) is 10.1. The maximum absolute atomic E-state index is 10.6. The molecule has 126 valence electrons. The molecule has 1 unspecified atom stereocenters. The van der Waals surface area contributed by atoms with Crippen LogP contribution in [0, 0.1) is 10.1 Å². The van der Waals surface area contributed by atoms with Crippen LogP contribution in [-0.2, 0) is 4.79 Å². The summed E-state index contributed by atoms with van der Waals surface area (Å²) in [4.78, 5) is 20.4. The van der Waals surface area contributed by atoms with Crippen molar-refractivity contribution in [1.82, 2.24) is 0 Å². The minimum Gasteiger partial charge on any atom is -0.476 e. The summed E-state index contributed by atoms with van der Waals surface area (Å²) in [6.07, 6.45) is 14.4. The van der Waals surface area contributed by atoms with Crippen molar-refractivity contribution in [3.8, 4) is 0 Å². The quantitative estimate of drug-likeness (QED) is 0.207. The van der Waals surface area contributed by atoms with E-state index in [1.165, 1.54) is 51.4 Å². The Balaban J connectivity index is 0. The van der Waals surface area contributed by atoms with Crippen molar-refractivity contribution in [1.29, 1.82) is 0 Å². The Morgan fingerprint density at radius 2 is 1.27 bits per heavy atom. The number of carboxylic acids is 1. The van der Waals surface area contributed by atoms with Crippen molar-refractivity contribution in [3.05, 3.63) is 10.1 Å². The summed E-state index contributed by atoms with van der Waals surface area (Å²) < 4.78 is 0. The number of unbranched alkanes of at least 4 members (excludes halogenated alkanes) is 11. The summed E-state index contributed by atoms with van der Waals surface area (Å²) in [5.74, 6) is -1.32. The van der Waals surface area contributed by atoms with E-state index < -0.39 is 16.9 Å². The van der Waals surface area contributed by atoms with Crippen LogP contribution in [0.4, 0.5) is 0 Å². The predicted octanol–water partition coefficient (Wildman–Crippen LogP) is 4.43. The third kappa shape index (κ3) is 15.0.